The van der Waals surface area contributed by atoms with Crippen molar-refractivity contribution in [1.29, 1.82) is 0 Å². The zero-order valence-corrected chi connectivity index (χ0v) is 8.71. The van der Waals surface area contributed by atoms with Crippen molar-refractivity contribution in [2.24, 2.45) is 5.92 Å². The van der Waals surface area contributed by atoms with Crippen LogP contribution in [0.3, 0.4) is 0 Å². The highest BCUT2D eigenvalue weighted by molar-refractivity contribution is 5.74. The first-order valence-corrected chi connectivity index (χ1v) is 5.44. The molecular weight excluding hydrogens is 164 g/mol. The first kappa shape index (κ1) is 10.6. The van der Waals surface area contributed by atoms with Crippen molar-refractivity contribution in [2.45, 2.75) is 58.5 Å². The summed E-state index contributed by atoms with van der Waals surface area (Å²) in [5, 5.41) is 0. The van der Waals surface area contributed by atoms with Gasteiger partial charge in [-0.3, -0.25) is 4.79 Å². The Labute approximate surface area is 80.7 Å². The number of hydrogen-bond acceptors (Lipinski definition) is 2. The fraction of sp³-hybridized carbons (Fsp3) is 0.909. The van der Waals surface area contributed by atoms with Crippen molar-refractivity contribution in [1.82, 2.24) is 0 Å². The predicted octanol–water partition coefficient (Wildman–Crippen LogP) is 2.91. The van der Waals surface area contributed by atoms with Gasteiger partial charge in [0, 0.05) is 0 Å². The van der Waals surface area contributed by atoms with Crippen molar-refractivity contribution in [3.8, 4) is 0 Å². The maximum atomic E-state index is 11.1. The topological polar surface area (TPSA) is 26.3 Å². The molecule has 2 atom stereocenters. The van der Waals surface area contributed by atoms with Crippen LogP contribution in [0.25, 0.3) is 0 Å². The first-order valence-electron chi connectivity index (χ1n) is 5.44. The van der Waals surface area contributed by atoms with Crippen LogP contribution >= 0.6 is 0 Å². The maximum absolute atomic E-state index is 11.1. The summed E-state index contributed by atoms with van der Waals surface area (Å²) in [5.74, 6) is 0.136. The lowest BCUT2D eigenvalue weighted by atomic mass is 10.0. The number of carbonyl (C=O) groups is 1. The Bertz CT molecular complexity index is 165. The van der Waals surface area contributed by atoms with Crippen molar-refractivity contribution in [3.05, 3.63) is 0 Å². The third-order valence-corrected chi connectivity index (χ3v) is 2.68. The molecule has 0 bridgehead atoms. The lowest BCUT2D eigenvalue weighted by molar-refractivity contribution is -0.144. The predicted molar refractivity (Wildman–Crippen MR) is 52.4 cm³/mol. The SMILES string of the molecule is CCCCCC[C@H]1C[C@@H](C)C(=O)O1. The quantitative estimate of drug-likeness (QED) is 0.485. The van der Waals surface area contributed by atoms with Crippen molar-refractivity contribution in [2.75, 3.05) is 0 Å². The van der Waals surface area contributed by atoms with E-state index in [0.29, 0.717) is 0 Å². The van der Waals surface area contributed by atoms with Gasteiger partial charge < -0.3 is 4.74 Å². The molecule has 0 amide bonds. The van der Waals surface area contributed by atoms with Gasteiger partial charge in [-0.1, -0.05) is 33.1 Å². The molecule has 13 heavy (non-hydrogen) atoms. The Morgan fingerprint density at radius 3 is 2.69 bits per heavy atom. The molecule has 0 N–H and O–H groups in total. The Hall–Kier alpha value is -0.530. The van der Waals surface area contributed by atoms with Crippen LogP contribution in [0, 0.1) is 5.92 Å². The molecule has 1 aliphatic rings. The third kappa shape index (κ3) is 3.37. The van der Waals surface area contributed by atoms with Crippen LogP contribution in [-0.2, 0) is 9.53 Å². The van der Waals surface area contributed by atoms with E-state index < -0.39 is 0 Å². The van der Waals surface area contributed by atoms with Gasteiger partial charge in [0.15, 0.2) is 0 Å². The molecule has 0 saturated carbocycles. The number of rotatable bonds is 5. The highest BCUT2D eigenvalue weighted by atomic mass is 16.5. The molecule has 76 valence electrons. The molecule has 0 aromatic carbocycles. The largest absolute Gasteiger partial charge is 0.462 e. The van der Waals surface area contributed by atoms with E-state index in [9.17, 15) is 4.79 Å². The Morgan fingerprint density at radius 1 is 1.38 bits per heavy atom. The van der Waals surface area contributed by atoms with Gasteiger partial charge in [0.25, 0.3) is 0 Å². The first-order chi connectivity index (χ1) is 6.24. The molecular formula is C11H20O2. The van der Waals surface area contributed by atoms with E-state index in [1.165, 1.54) is 25.7 Å². The summed E-state index contributed by atoms with van der Waals surface area (Å²) in [5.41, 5.74) is 0. The van der Waals surface area contributed by atoms with Crippen molar-refractivity contribution >= 4 is 5.97 Å². The minimum Gasteiger partial charge on any atom is -0.462 e. The van der Waals surface area contributed by atoms with Crippen LogP contribution in [0.1, 0.15) is 52.4 Å². The second-order valence-electron chi connectivity index (χ2n) is 4.04. The summed E-state index contributed by atoms with van der Waals surface area (Å²) in [6, 6.07) is 0. The zero-order valence-electron chi connectivity index (χ0n) is 8.71. The molecule has 1 aliphatic heterocycles. The van der Waals surface area contributed by atoms with Gasteiger partial charge in [0.1, 0.15) is 6.10 Å². The molecule has 2 nitrogen and oxygen atoms in total. The molecule has 1 fully saturated rings. The Balaban J connectivity index is 2.07. The van der Waals surface area contributed by atoms with Gasteiger partial charge in [-0.25, -0.2) is 0 Å². The van der Waals surface area contributed by atoms with Gasteiger partial charge >= 0.3 is 5.97 Å². The number of cyclic esters (lactones) is 1. The monoisotopic (exact) mass is 184 g/mol. The molecule has 0 radical (unpaired) electrons. The van der Waals surface area contributed by atoms with E-state index in [-0.39, 0.29) is 18.0 Å². The second-order valence-corrected chi connectivity index (χ2v) is 4.04. The van der Waals surface area contributed by atoms with E-state index in [1.807, 2.05) is 6.92 Å². The standard InChI is InChI=1S/C11H20O2/c1-3-4-5-6-7-10-8-9(2)11(12)13-10/h9-10H,3-8H2,1-2H3/t9-,10+/m1/s1. The molecule has 0 aromatic heterocycles. The fourth-order valence-electron chi connectivity index (χ4n) is 1.79. The van der Waals surface area contributed by atoms with Gasteiger partial charge in [-0.15, -0.1) is 0 Å². The van der Waals surface area contributed by atoms with E-state index in [4.69, 9.17) is 4.74 Å². The molecule has 0 unspecified atom stereocenters. The van der Waals surface area contributed by atoms with Crippen LogP contribution in [-0.4, -0.2) is 12.1 Å². The third-order valence-electron chi connectivity index (χ3n) is 2.68. The summed E-state index contributed by atoms with van der Waals surface area (Å²) in [4.78, 5) is 11.1. The molecule has 1 heterocycles. The highest BCUT2D eigenvalue weighted by Gasteiger charge is 2.29. The van der Waals surface area contributed by atoms with Crippen LogP contribution in [0.2, 0.25) is 0 Å². The second kappa shape index (κ2) is 5.25. The molecule has 2 heteroatoms. The van der Waals surface area contributed by atoms with Crippen LogP contribution in [0.4, 0.5) is 0 Å². The molecule has 0 aromatic rings. The fourth-order valence-corrected chi connectivity index (χ4v) is 1.79. The van der Waals surface area contributed by atoms with Crippen LogP contribution < -0.4 is 0 Å². The van der Waals surface area contributed by atoms with Crippen molar-refractivity contribution < 1.29 is 9.53 Å². The minimum atomic E-state index is 0.000455. The highest BCUT2D eigenvalue weighted by Crippen LogP contribution is 2.24. The molecule has 0 aliphatic carbocycles. The summed E-state index contributed by atoms with van der Waals surface area (Å²) < 4.78 is 5.21. The average Bonchev–Trinajstić information content (AvgIpc) is 2.41. The summed E-state index contributed by atoms with van der Waals surface area (Å²) in [6.07, 6.45) is 7.27. The van der Waals surface area contributed by atoms with Crippen LogP contribution in [0.5, 0.6) is 0 Å². The number of carbonyl (C=O) groups excluding carboxylic acids is 1. The molecule has 0 spiro atoms. The lowest BCUT2D eigenvalue weighted by Crippen LogP contribution is -2.06. The Morgan fingerprint density at radius 2 is 2.15 bits per heavy atom. The zero-order chi connectivity index (χ0) is 9.68. The molecule has 1 rings (SSSR count). The van der Waals surface area contributed by atoms with Crippen LogP contribution in [0.15, 0.2) is 0 Å². The minimum absolute atomic E-state index is 0.000455. The maximum Gasteiger partial charge on any atom is 0.309 e. The van der Waals surface area contributed by atoms with E-state index in [1.54, 1.807) is 0 Å². The van der Waals surface area contributed by atoms with E-state index in [0.717, 1.165) is 12.8 Å². The number of ether oxygens (including phenoxy) is 1. The summed E-state index contributed by atoms with van der Waals surface area (Å²) >= 11 is 0. The average molecular weight is 184 g/mol. The van der Waals surface area contributed by atoms with Gasteiger partial charge in [0.05, 0.1) is 5.92 Å². The number of unbranched alkanes of at least 4 members (excludes halogenated alkanes) is 3. The normalized spacial score (nSPS) is 27.7. The van der Waals surface area contributed by atoms with E-state index >= 15 is 0 Å². The summed E-state index contributed by atoms with van der Waals surface area (Å²) in [7, 11) is 0. The van der Waals surface area contributed by atoms with Gasteiger partial charge in [-0.05, 0) is 19.3 Å². The Kier molecular flexibility index (Phi) is 4.26. The lowest BCUT2D eigenvalue weighted by Gasteiger charge is -2.07. The van der Waals surface area contributed by atoms with Gasteiger partial charge in [-0.2, -0.15) is 0 Å². The molecule has 1 saturated heterocycles. The van der Waals surface area contributed by atoms with Crippen molar-refractivity contribution in [3.63, 3.8) is 0 Å². The van der Waals surface area contributed by atoms with E-state index in [2.05, 4.69) is 6.92 Å². The van der Waals surface area contributed by atoms with Gasteiger partial charge in [0.2, 0.25) is 0 Å². The smallest absolute Gasteiger partial charge is 0.309 e. The number of hydrogen-bond donors (Lipinski definition) is 0. The summed E-state index contributed by atoms with van der Waals surface area (Å²) in [6.45, 7) is 4.16. The number of esters is 1.